The van der Waals surface area contributed by atoms with Crippen molar-refractivity contribution in [3.8, 4) is 0 Å². The van der Waals surface area contributed by atoms with E-state index in [0.717, 1.165) is 36.8 Å². The van der Waals surface area contributed by atoms with E-state index < -0.39 is 10.0 Å². The largest absolute Gasteiger partial charge is 0.268 e. The molecule has 0 bridgehead atoms. The van der Waals surface area contributed by atoms with Crippen molar-refractivity contribution in [3.05, 3.63) is 36.2 Å². The second kappa shape index (κ2) is 5.91. The van der Waals surface area contributed by atoms with Crippen molar-refractivity contribution in [2.75, 3.05) is 6.54 Å². The van der Waals surface area contributed by atoms with Gasteiger partial charge in [0.05, 0.1) is 23.5 Å². The van der Waals surface area contributed by atoms with Gasteiger partial charge >= 0.3 is 0 Å². The minimum absolute atomic E-state index is 0.181. The molecule has 7 nitrogen and oxygen atoms in total. The van der Waals surface area contributed by atoms with E-state index in [1.54, 1.807) is 28.7 Å². The van der Waals surface area contributed by atoms with Gasteiger partial charge in [0.1, 0.15) is 15.9 Å². The van der Waals surface area contributed by atoms with Crippen LogP contribution in [0.3, 0.4) is 0 Å². The Morgan fingerprint density at radius 1 is 1.29 bits per heavy atom. The molecule has 1 aliphatic heterocycles. The van der Waals surface area contributed by atoms with Gasteiger partial charge in [-0.3, -0.25) is 4.68 Å². The Balaban J connectivity index is 1.80. The van der Waals surface area contributed by atoms with Crippen molar-refractivity contribution in [2.45, 2.75) is 37.2 Å². The molecule has 1 aliphatic rings. The molecule has 0 radical (unpaired) electrons. The predicted molar refractivity (Wildman–Crippen MR) is 91.2 cm³/mol. The van der Waals surface area contributed by atoms with Gasteiger partial charge in [0.15, 0.2) is 0 Å². The second-order valence-electron chi connectivity index (χ2n) is 5.73. The number of nitrogens with zero attached hydrogens (tertiary/aromatic N) is 5. The maximum atomic E-state index is 13.3. The summed E-state index contributed by atoms with van der Waals surface area (Å²) in [5, 5.41) is 4.28. The number of aromatic nitrogens is 4. The summed E-state index contributed by atoms with van der Waals surface area (Å²) in [4.78, 5) is 0.239. The Morgan fingerprint density at radius 2 is 2.17 bits per heavy atom. The summed E-state index contributed by atoms with van der Waals surface area (Å²) in [6, 6.07) is 6.85. The molecule has 9 heteroatoms. The molecule has 0 unspecified atom stereocenters. The van der Waals surface area contributed by atoms with E-state index in [4.69, 9.17) is 0 Å². The lowest BCUT2D eigenvalue weighted by molar-refractivity contribution is 0.376. The van der Waals surface area contributed by atoms with Crippen molar-refractivity contribution >= 4 is 32.8 Å². The first-order chi connectivity index (χ1) is 11.6. The molecule has 126 valence electrons. The fraction of sp³-hybridized carbons (Fsp3) is 0.400. The average molecular weight is 363 g/mol. The number of rotatable bonds is 4. The van der Waals surface area contributed by atoms with E-state index in [1.165, 1.54) is 0 Å². The zero-order chi connectivity index (χ0) is 16.7. The number of fused-ring (bicyclic) bond motifs is 1. The Kier molecular flexibility index (Phi) is 3.86. The van der Waals surface area contributed by atoms with Gasteiger partial charge in [0, 0.05) is 19.3 Å². The standard InChI is InChI=1S/C15H17N5O2S2/c1-2-19-12(8-9-16-19)13-6-4-10-20(13)24(21,22)14-7-3-5-11-15(14)18-23-17-11/h3,5,7-9,13H,2,4,6,10H2,1H3/t13-/m0/s1. The van der Waals surface area contributed by atoms with Crippen LogP contribution in [0.1, 0.15) is 31.5 Å². The van der Waals surface area contributed by atoms with Gasteiger partial charge in [-0.05, 0) is 38.0 Å². The quantitative estimate of drug-likeness (QED) is 0.711. The summed E-state index contributed by atoms with van der Waals surface area (Å²) in [6.45, 7) is 3.24. The van der Waals surface area contributed by atoms with Crippen molar-refractivity contribution in [1.29, 1.82) is 0 Å². The predicted octanol–water partition coefficient (Wildman–Crippen LogP) is 2.43. The maximum Gasteiger partial charge on any atom is 0.245 e. The van der Waals surface area contributed by atoms with Gasteiger partial charge in [-0.2, -0.15) is 18.2 Å². The SMILES string of the molecule is CCn1nccc1[C@@H]1CCCN1S(=O)(=O)c1cccc2nsnc12. The zero-order valence-electron chi connectivity index (χ0n) is 13.2. The first kappa shape index (κ1) is 15.7. The molecule has 1 fully saturated rings. The number of sulfonamides is 1. The average Bonchev–Trinajstić information content (AvgIpc) is 3.31. The summed E-state index contributed by atoms with van der Waals surface area (Å²) in [7, 11) is -3.64. The van der Waals surface area contributed by atoms with Gasteiger partial charge in [0.25, 0.3) is 0 Å². The first-order valence-electron chi connectivity index (χ1n) is 7.87. The Labute approximate surface area is 144 Å². The minimum Gasteiger partial charge on any atom is -0.268 e. The molecule has 0 amide bonds. The molecule has 1 saturated heterocycles. The van der Waals surface area contributed by atoms with E-state index in [2.05, 4.69) is 13.8 Å². The third-order valence-corrected chi connectivity index (χ3v) is 6.91. The van der Waals surface area contributed by atoms with Crippen LogP contribution in [-0.4, -0.2) is 37.8 Å². The van der Waals surface area contributed by atoms with Crippen molar-refractivity contribution in [3.63, 3.8) is 0 Å². The van der Waals surface area contributed by atoms with E-state index in [9.17, 15) is 8.42 Å². The number of hydrogen-bond acceptors (Lipinski definition) is 6. The van der Waals surface area contributed by atoms with Crippen molar-refractivity contribution in [2.24, 2.45) is 0 Å². The van der Waals surface area contributed by atoms with Crippen LogP contribution in [0.15, 0.2) is 35.4 Å². The van der Waals surface area contributed by atoms with Crippen LogP contribution in [0.2, 0.25) is 0 Å². The molecule has 3 aromatic rings. The van der Waals surface area contributed by atoms with Gasteiger partial charge in [-0.25, -0.2) is 8.42 Å². The molecular weight excluding hydrogens is 346 g/mol. The van der Waals surface area contributed by atoms with Gasteiger partial charge in [0.2, 0.25) is 10.0 Å². The fourth-order valence-corrected chi connectivity index (χ4v) is 5.75. The van der Waals surface area contributed by atoms with Crippen LogP contribution >= 0.6 is 11.7 Å². The Morgan fingerprint density at radius 3 is 3.00 bits per heavy atom. The molecule has 1 aromatic carbocycles. The number of hydrogen-bond donors (Lipinski definition) is 0. The lowest BCUT2D eigenvalue weighted by Gasteiger charge is -2.24. The maximum absolute atomic E-state index is 13.3. The molecule has 2 aromatic heterocycles. The van der Waals surface area contributed by atoms with Gasteiger partial charge < -0.3 is 0 Å². The molecule has 0 saturated carbocycles. The number of aryl methyl sites for hydroxylation is 1. The smallest absolute Gasteiger partial charge is 0.245 e. The van der Waals surface area contributed by atoms with Crippen LogP contribution in [0.5, 0.6) is 0 Å². The van der Waals surface area contributed by atoms with Crippen molar-refractivity contribution in [1.82, 2.24) is 22.8 Å². The molecule has 0 spiro atoms. The third kappa shape index (κ3) is 2.35. The number of benzene rings is 1. The van der Waals surface area contributed by atoms with Gasteiger partial charge in [-0.15, -0.1) is 0 Å². The van der Waals surface area contributed by atoms with Crippen LogP contribution < -0.4 is 0 Å². The minimum atomic E-state index is -3.64. The Bertz CT molecular complexity index is 979. The second-order valence-corrected chi connectivity index (χ2v) is 8.12. The highest BCUT2D eigenvalue weighted by Gasteiger charge is 2.38. The topological polar surface area (TPSA) is 81.0 Å². The zero-order valence-corrected chi connectivity index (χ0v) is 14.8. The summed E-state index contributed by atoms with van der Waals surface area (Å²) in [5.74, 6) is 0. The third-order valence-electron chi connectivity index (χ3n) is 4.43. The molecule has 1 atom stereocenters. The lowest BCUT2D eigenvalue weighted by atomic mass is 10.1. The van der Waals surface area contributed by atoms with E-state index in [0.29, 0.717) is 17.6 Å². The highest BCUT2D eigenvalue weighted by molar-refractivity contribution is 7.89. The first-order valence-corrected chi connectivity index (χ1v) is 10.0. The summed E-state index contributed by atoms with van der Waals surface area (Å²) < 4.78 is 38.4. The van der Waals surface area contributed by atoms with E-state index >= 15 is 0 Å². The molecule has 0 N–H and O–H groups in total. The van der Waals surface area contributed by atoms with Crippen molar-refractivity contribution < 1.29 is 8.42 Å². The molecule has 0 aliphatic carbocycles. The summed E-state index contributed by atoms with van der Waals surface area (Å²) in [6.07, 6.45) is 3.37. The van der Waals surface area contributed by atoms with E-state index in [-0.39, 0.29) is 10.9 Å². The highest BCUT2D eigenvalue weighted by Crippen LogP contribution is 2.37. The van der Waals surface area contributed by atoms with Gasteiger partial charge in [-0.1, -0.05) is 6.07 Å². The van der Waals surface area contributed by atoms with E-state index in [1.807, 2.05) is 17.7 Å². The molecule has 3 heterocycles. The van der Waals surface area contributed by atoms with Crippen LogP contribution in [0, 0.1) is 0 Å². The summed E-state index contributed by atoms with van der Waals surface area (Å²) in [5.41, 5.74) is 2.02. The monoisotopic (exact) mass is 363 g/mol. The molecule has 4 rings (SSSR count). The van der Waals surface area contributed by atoms with Crippen LogP contribution in [-0.2, 0) is 16.6 Å². The summed E-state index contributed by atoms with van der Waals surface area (Å²) >= 11 is 1.03. The highest BCUT2D eigenvalue weighted by atomic mass is 32.2. The molecule has 24 heavy (non-hydrogen) atoms. The Hall–Kier alpha value is -1.84. The fourth-order valence-electron chi connectivity index (χ4n) is 3.33. The van der Waals surface area contributed by atoms with Crippen LogP contribution in [0.4, 0.5) is 0 Å². The lowest BCUT2D eigenvalue weighted by Crippen LogP contribution is -2.32. The molecular formula is C15H17N5O2S2. The normalized spacial score (nSPS) is 19.3. The van der Waals surface area contributed by atoms with Crippen LogP contribution in [0.25, 0.3) is 11.0 Å².